The van der Waals surface area contributed by atoms with Gasteiger partial charge in [-0.2, -0.15) is 0 Å². The molecule has 4 nitrogen and oxygen atoms in total. The molecule has 0 aliphatic heterocycles. The van der Waals surface area contributed by atoms with E-state index in [1.54, 1.807) is 39.1 Å². The first-order chi connectivity index (χ1) is 8.27. The molecule has 18 heavy (non-hydrogen) atoms. The highest BCUT2D eigenvalue weighted by molar-refractivity contribution is 6.42. The van der Waals surface area contributed by atoms with Crippen LogP contribution in [0.2, 0.25) is 10.0 Å². The van der Waals surface area contributed by atoms with Crippen LogP contribution in [0.4, 0.5) is 10.5 Å². The van der Waals surface area contributed by atoms with Crippen molar-refractivity contribution in [3.05, 3.63) is 28.2 Å². The lowest BCUT2D eigenvalue weighted by atomic mass is 10.1. The molecule has 0 fully saturated rings. The number of aliphatic hydroxyl groups excluding tert-OH is 1. The van der Waals surface area contributed by atoms with Crippen molar-refractivity contribution in [1.82, 2.24) is 4.90 Å². The van der Waals surface area contributed by atoms with E-state index in [9.17, 15) is 9.90 Å². The average Bonchev–Trinajstić information content (AvgIpc) is 2.32. The van der Waals surface area contributed by atoms with Crippen LogP contribution in [-0.4, -0.2) is 35.2 Å². The molecule has 0 aromatic heterocycles. The maximum atomic E-state index is 11.9. The van der Waals surface area contributed by atoms with Crippen molar-refractivity contribution < 1.29 is 9.90 Å². The third kappa shape index (κ3) is 3.51. The number of halogens is 2. The molecule has 0 saturated heterocycles. The standard InChI is InChI=1S/C12H16Cl2N2O2/c1-12(2,7-17)16(3)11(18)15-8-4-5-9(13)10(14)6-8/h4-6,17H,7H2,1-3H3,(H,15,18). The molecule has 1 rings (SSSR count). The highest BCUT2D eigenvalue weighted by Crippen LogP contribution is 2.25. The van der Waals surface area contributed by atoms with Crippen LogP contribution in [0.3, 0.4) is 0 Å². The zero-order chi connectivity index (χ0) is 13.9. The van der Waals surface area contributed by atoms with Crippen molar-refractivity contribution >= 4 is 34.9 Å². The van der Waals surface area contributed by atoms with Gasteiger partial charge in [0, 0.05) is 12.7 Å². The van der Waals surface area contributed by atoms with Gasteiger partial charge in [0.1, 0.15) is 0 Å². The number of nitrogens with one attached hydrogen (secondary N) is 1. The minimum Gasteiger partial charge on any atom is -0.394 e. The van der Waals surface area contributed by atoms with Gasteiger partial charge in [0.2, 0.25) is 0 Å². The first-order valence-electron chi connectivity index (χ1n) is 5.38. The molecule has 6 heteroatoms. The van der Waals surface area contributed by atoms with Crippen LogP contribution in [0.5, 0.6) is 0 Å². The van der Waals surface area contributed by atoms with E-state index < -0.39 is 5.54 Å². The molecule has 2 amide bonds. The molecule has 1 aromatic rings. The molecule has 0 saturated carbocycles. The number of urea groups is 1. The number of aliphatic hydroxyl groups is 1. The van der Waals surface area contributed by atoms with Gasteiger partial charge in [0.25, 0.3) is 0 Å². The summed E-state index contributed by atoms with van der Waals surface area (Å²) in [6.45, 7) is 3.40. The second-order valence-corrected chi connectivity index (χ2v) is 5.40. The maximum absolute atomic E-state index is 11.9. The first kappa shape index (κ1) is 15.1. The molecule has 0 radical (unpaired) electrons. The Hall–Kier alpha value is -0.970. The smallest absolute Gasteiger partial charge is 0.322 e. The second-order valence-electron chi connectivity index (χ2n) is 4.59. The molecule has 0 bridgehead atoms. The lowest BCUT2D eigenvalue weighted by Crippen LogP contribution is -2.49. The summed E-state index contributed by atoms with van der Waals surface area (Å²) in [5.74, 6) is 0. The number of amides is 2. The van der Waals surface area contributed by atoms with Gasteiger partial charge in [0.15, 0.2) is 0 Å². The molecule has 1 aromatic carbocycles. The van der Waals surface area contributed by atoms with E-state index in [0.717, 1.165) is 0 Å². The molecule has 0 aliphatic carbocycles. The zero-order valence-corrected chi connectivity index (χ0v) is 12.0. The van der Waals surface area contributed by atoms with Gasteiger partial charge >= 0.3 is 6.03 Å². The van der Waals surface area contributed by atoms with Crippen molar-refractivity contribution in [2.45, 2.75) is 19.4 Å². The SMILES string of the molecule is CN(C(=O)Nc1ccc(Cl)c(Cl)c1)C(C)(C)CO. The molecule has 0 spiro atoms. The fourth-order valence-electron chi connectivity index (χ4n) is 1.16. The lowest BCUT2D eigenvalue weighted by molar-refractivity contribution is 0.104. The molecule has 0 aliphatic rings. The fourth-order valence-corrected chi connectivity index (χ4v) is 1.46. The molecule has 0 atom stereocenters. The van der Waals surface area contributed by atoms with E-state index >= 15 is 0 Å². The van der Waals surface area contributed by atoms with E-state index in [1.807, 2.05) is 0 Å². The summed E-state index contributed by atoms with van der Waals surface area (Å²) < 4.78 is 0. The maximum Gasteiger partial charge on any atom is 0.322 e. The summed E-state index contributed by atoms with van der Waals surface area (Å²) in [7, 11) is 1.61. The molecular formula is C12H16Cl2N2O2. The van der Waals surface area contributed by atoms with Crippen molar-refractivity contribution in [3.63, 3.8) is 0 Å². The van der Waals surface area contributed by atoms with E-state index in [0.29, 0.717) is 15.7 Å². The van der Waals surface area contributed by atoms with Crippen molar-refractivity contribution in [3.8, 4) is 0 Å². The number of benzene rings is 1. The quantitative estimate of drug-likeness (QED) is 0.898. The first-order valence-corrected chi connectivity index (χ1v) is 6.14. The number of carbonyl (C=O) groups is 1. The Balaban J connectivity index is 2.78. The normalized spacial score (nSPS) is 11.2. The summed E-state index contributed by atoms with van der Waals surface area (Å²) in [6.07, 6.45) is 0. The predicted molar refractivity (Wildman–Crippen MR) is 74.4 cm³/mol. The fraction of sp³-hybridized carbons (Fsp3) is 0.417. The van der Waals surface area contributed by atoms with E-state index in [-0.39, 0.29) is 12.6 Å². The Kier molecular flexibility index (Phi) is 4.85. The molecular weight excluding hydrogens is 275 g/mol. The van der Waals surface area contributed by atoms with E-state index in [4.69, 9.17) is 23.2 Å². The average molecular weight is 291 g/mol. The van der Waals surface area contributed by atoms with Crippen molar-refractivity contribution in [2.24, 2.45) is 0 Å². The Morgan fingerprint density at radius 3 is 2.50 bits per heavy atom. The third-order valence-corrected chi connectivity index (χ3v) is 3.51. The zero-order valence-electron chi connectivity index (χ0n) is 10.5. The van der Waals surface area contributed by atoms with Gasteiger partial charge in [-0.25, -0.2) is 4.79 Å². The largest absolute Gasteiger partial charge is 0.394 e. The highest BCUT2D eigenvalue weighted by atomic mass is 35.5. The summed E-state index contributed by atoms with van der Waals surface area (Å²) in [5.41, 5.74) is -0.0877. The Morgan fingerprint density at radius 2 is 2.00 bits per heavy atom. The summed E-state index contributed by atoms with van der Waals surface area (Å²) >= 11 is 11.6. The van der Waals surface area contributed by atoms with Crippen LogP contribution in [0, 0.1) is 0 Å². The number of anilines is 1. The molecule has 0 unspecified atom stereocenters. The minimum atomic E-state index is -0.639. The number of nitrogens with zero attached hydrogens (tertiary/aromatic N) is 1. The van der Waals surface area contributed by atoms with E-state index in [1.165, 1.54) is 4.90 Å². The minimum absolute atomic E-state index is 0.127. The number of rotatable bonds is 3. The Labute approximate surface area is 116 Å². The van der Waals surface area contributed by atoms with Crippen molar-refractivity contribution in [1.29, 1.82) is 0 Å². The Bertz CT molecular complexity index is 450. The number of hydrogen-bond donors (Lipinski definition) is 2. The third-order valence-electron chi connectivity index (χ3n) is 2.77. The van der Waals surface area contributed by atoms with Crippen LogP contribution in [-0.2, 0) is 0 Å². The summed E-state index contributed by atoms with van der Waals surface area (Å²) in [4.78, 5) is 13.4. The Morgan fingerprint density at radius 1 is 1.39 bits per heavy atom. The van der Waals surface area contributed by atoms with Gasteiger partial charge in [-0.1, -0.05) is 23.2 Å². The van der Waals surface area contributed by atoms with Crippen LogP contribution < -0.4 is 5.32 Å². The predicted octanol–water partition coefficient (Wildman–Crippen LogP) is 3.23. The van der Waals surface area contributed by atoms with Crippen molar-refractivity contribution in [2.75, 3.05) is 19.0 Å². The molecule has 0 heterocycles. The van der Waals surface area contributed by atoms with Crippen LogP contribution in [0.15, 0.2) is 18.2 Å². The van der Waals surface area contributed by atoms with Gasteiger partial charge in [0.05, 0.1) is 22.2 Å². The second kappa shape index (κ2) is 5.78. The number of carbonyl (C=O) groups excluding carboxylic acids is 1. The number of likely N-dealkylation sites (N-methyl/N-ethyl adjacent to an activating group) is 1. The van der Waals surface area contributed by atoms with E-state index in [2.05, 4.69) is 5.32 Å². The monoisotopic (exact) mass is 290 g/mol. The van der Waals surface area contributed by atoms with Gasteiger partial charge in [-0.15, -0.1) is 0 Å². The van der Waals surface area contributed by atoms with Crippen LogP contribution in [0.25, 0.3) is 0 Å². The summed E-state index contributed by atoms with van der Waals surface area (Å²) in [5, 5.41) is 12.7. The van der Waals surface area contributed by atoms with Crippen LogP contribution in [0.1, 0.15) is 13.8 Å². The summed E-state index contributed by atoms with van der Waals surface area (Å²) in [6, 6.07) is 4.51. The topological polar surface area (TPSA) is 52.6 Å². The van der Waals surface area contributed by atoms with Gasteiger partial charge in [-0.05, 0) is 32.0 Å². The molecule has 2 N–H and O–H groups in total. The van der Waals surface area contributed by atoms with Gasteiger partial charge in [-0.3, -0.25) is 0 Å². The van der Waals surface area contributed by atoms with Crippen LogP contribution >= 0.6 is 23.2 Å². The highest BCUT2D eigenvalue weighted by Gasteiger charge is 2.26. The number of hydrogen-bond acceptors (Lipinski definition) is 2. The molecule has 100 valence electrons. The lowest BCUT2D eigenvalue weighted by Gasteiger charge is -2.33. The van der Waals surface area contributed by atoms with Gasteiger partial charge < -0.3 is 15.3 Å².